The number of hydrogen-bond acceptors (Lipinski definition) is 3. The quantitative estimate of drug-likeness (QED) is 0.846. The summed E-state index contributed by atoms with van der Waals surface area (Å²) in [6.45, 7) is 1.80. The molecule has 17 heavy (non-hydrogen) atoms. The van der Waals surface area contributed by atoms with Gasteiger partial charge in [0.05, 0.1) is 25.3 Å². The van der Waals surface area contributed by atoms with Gasteiger partial charge in [0, 0.05) is 5.02 Å². The summed E-state index contributed by atoms with van der Waals surface area (Å²) in [5.41, 5.74) is 0.406. The standard InChI is InChI=1S/C12H16ClNO3/c1-3-9(7-15)14-12(16)10-5-4-8(13)6-11(10)17-2/h4-6,9,15H,3,7H2,1-2H3,(H,14,16). The molecule has 1 amide bonds. The van der Waals surface area contributed by atoms with Gasteiger partial charge in [-0.1, -0.05) is 18.5 Å². The molecule has 0 spiro atoms. The van der Waals surface area contributed by atoms with E-state index in [0.29, 0.717) is 22.8 Å². The van der Waals surface area contributed by atoms with Crippen molar-refractivity contribution < 1.29 is 14.6 Å². The lowest BCUT2D eigenvalue weighted by molar-refractivity contribution is 0.0912. The van der Waals surface area contributed by atoms with E-state index in [9.17, 15) is 4.79 Å². The van der Waals surface area contributed by atoms with Gasteiger partial charge in [-0.05, 0) is 24.6 Å². The Bertz CT molecular complexity index is 391. The monoisotopic (exact) mass is 257 g/mol. The number of aliphatic hydroxyl groups is 1. The van der Waals surface area contributed by atoms with Crippen LogP contribution in [0.2, 0.25) is 5.02 Å². The van der Waals surface area contributed by atoms with Crippen LogP contribution in [0, 0.1) is 0 Å². The third-order valence-electron chi connectivity index (χ3n) is 2.46. The molecule has 4 nitrogen and oxygen atoms in total. The van der Waals surface area contributed by atoms with Crippen LogP contribution in [-0.4, -0.2) is 30.8 Å². The first-order valence-electron chi connectivity index (χ1n) is 5.37. The smallest absolute Gasteiger partial charge is 0.255 e. The molecule has 0 fully saturated rings. The van der Waals surface area contributed by atoms with E-state index in [4.69, 9.17) is 21.4 Å². The van der Waals surface area contributed by atoms with Gasteiger partial charge in [0.15, 0.2) is 0 Å². The Morgan fingerprint density at radius 1 is 1.59 bits per heavy atom. The van der Waals surface area contributed by atoms with Crippen LogP contribution in [0.4, 0.5) is 0 Å². The number of rotatable bonds is 5. The molecular formula is C12H16ClNO3. The summed E-state index contributed by atoms with van der Waals surface area (Å²) in [4.78, 5) is 11.9. The van der Waals surface area contributed by atoms with Crippen molar-refractivity contribution in [2.75, 3.05) is 13.7 Å². The molecular weight excluding hydrogens is 242 g/mol. The minimum absolute atomic E-state index is 0.0852. The highest BCUT2D eigenvalue weighted by molar-refractivity contribution is 6.30. The highest BCUT2D eigenvalue weighted by Crippen LogP contribution is 2.23. The molecule has 1 aromatic rings. The zero-order valence-corrected chi connectivity index (χ0v) is 10.6. The van der Waals surface area contributed by atoms with Crippen molar-refractivity contribution in [3.05, 3.63) is 28.8 Å². The Morgan fingerprint density at radius 2 is 2.29 bits per heavy atom. The molecule has 1 unspecified atom stereocenters. The number of aliphatic hydroxyl groups excluding tert-OH is 1. The van der Waals surface area contributed by atoms with Crippen molar-refractivity contribution in [2.24, 2.45) is 0 Å². The molecule has 0 aliphatic heterocycles. The van der Waals surface area contributed by atoms with Gasteiger partial charge in [-0.3, -0.25) is 4.79 Å². The van der Waals surface area contributed by atoms with Gasteiger partial charge in [0.2, 0.25) is 0 Å². The maximum absolute atomic E-state index is 11.9. The number of methoxy groups -OCH3 is 1. The van der Waals surface area contributed by atoms with Gasteiger partial charge in [0.25, 0.3) is 5.91 Å². The largest absolute Gasteiger partial charge is 0.496 e. The van der Waals surface area contributed by atoms with E-state index in [0.717, 1.165) is 0 Å². The lowest BCUT2D eigenvalue weighted by atomic mass is 10.1. The number of nitrogens with one attached hydrogen (secondary N) is 1. The Labute approximate surface area is 106 Å². The molecule has 0 heterocycles. The van der Waals surface area contributed by atoms with Gasteiger partial charge in [-0.15, -0.1) is 0 Å². The molecule has 94 valence electrons. The molecule has 0 saturated carbocycles. The Balaban J connectivity index is 2.88. The lowest BCUT2D eigenvalue weighted by Crippen LogP contribution is -2.37. The van der Waals surface area contributed by atoms with E-state index in [2.05, 4.69) is 5.32 Å². The maximum Gasteiger partial charge on any atom is 0.255 e. The van der Waals surface area contributed by atoms with E-state index in [1.54, 1.807) is 18.2 Å². The Hall–Kier alpha value is -1.26. The number of benzene rings is 1. The second-order valence-electron chi connectivity index (χ2n) is 3.61. The SMILES string of the molecule is CCC(CO)NC(=O)c1ccc(Cl)cc1OC. The molecule has 0 saturated heterocycles. The minimum Gasteiger partial charge on any atom is -0.496 e. The third-order valence-corrected chi connectivity index (χ3v) is 2.69. The number of hydrogen-bond donors (Lipinski definition) is 2. The molecule has 0 radical (unpaired) electrons. The van der Waals surface area contributed by atoms with Crippen LogP contribution in [0.25, 0.3) is 0 Å². The summed E-state index contributed by atoms with van der Waals surface area (Å²) in [5.74, 6) is 0.141. The minimum atomic E-state index is -0.278. The summed E-state index contributed by atoms with van der Waals surface area (Å²) in [5, 5.41) is 12.2. The predicted octanol–water partition coefficient (Wildman–Crippen LogP) is 1.85. The average Bonchev–Trinajstić information content (AvgIpc) is 2.35. The average molecular weight is 258 g/mol. The number of carbonyl (C=O) groups excluding carboxylic acids is 1. The van der Waals surface area contributed by atoms with Crippen molar-refractivity contribution in [3.8, 4) is 5.75 Å². The summed E-state index contributed by atoms with van der Waals surface area (Å²) >= 11 is 5.81. The van der Waals surface area contributed by atoms with Crippen molar-refractivity contribution in [1.82, 2.24) is 5.32 Å². The molecule has 0 aliphatic carbocycles. The summed E-state index contributed by atoms with van der Waals surface area (Å²) < 4.78 is 5.09. The number of amides is 1. The third kappa shape index (κ3) is 3.61. The maximum atomic E-state index is 11.9. The van der Waals surface area contributed by atoms with E-state index in [1.807, 2.05) is 6.92 Å². The fourth-order valence-electron chi connectivity index (χ4n) is 1.39. The van der Waals surface area contributed by atoms with Gasteiger partial charge >= 0.3 is 0 Å². The van der Waals surface area contributed by atoms with E-state index in [1.165, 1.54) is 7.11 Å². The van der Waals surface area contributed by atoms with Crippen LogP contribution in [0.3, 0.4) is 0 Å². The van der Waals surface area contributed by atoms with Crippen LogP contribution < -0.4 is 10.1 Å². The molecule has 1 aromatic carbocycles. The zero-order chi connectivity index (χ0) is 12.8. The second-order valence-corrected chi connectivity index (χ2v) is 4.04. The summed E-state index contributed by atoms with van der Waals surface area (Å²) in [6, 6.07) is 4.55. The summed E-state index contributed by atoms with van der Waals surface area (Å²) in [6.07, 6.45) is 0.665. The van der Waals surface area contributed by atoms with Crippen LogP contribution in [0.15, 0.2) is 18.2 Å². The van der Waals surface area contributed by atoms with Gasteiger partial charge in [-0.25, -0.2) is 0 Å². The highest BCUT2D eigenvalue weighted by atomic mass is 35.5. The molecule has 1 atom stereocenters. The number of ether oxygens (including phenoxy) is 1. The molecule has 5 heteroatoms. The number of halogens is 1. The molecule has 0 aliphatic rings. The fraction of sp³-hybridized carbons (Fsp3) is 0.417. The first-order chi connectivity index (χ1) is 8.12. The van der Waals surface area contributed by atoms with Crippen molar-refractivity contribution in [2.45, 2.75) is 19.4 Å². The molecule has 1 rings (SSSR count). The second kappa shape index (κ2) is 6.47. The van der Waals surface area contributed by atoms with Gasteiger partial charge < -0.3 is 15.2 Å². The van der Waals surface area contributed by atoms with Crippen molar-refractivity contribution in [1.29, 1.82) is 0 Å². The zero-order valence-electron chi connectivity index (χ0n) is 9.87. The Kier molecular flexibility index (Phi) is 5.25. The van der Waals surface area contributed by atoms with Crippen molar-refractivity contribution >= 4 is 17.5 Å². The summed E-state index contributed by atoms with van der Waals surface area (Å²) in [7, 11) is 1.48. The number of carbonyl (C=O) groups is 1. The van der Waals surface area contributed by atoms with Crippen LogP contribution >= 0.6 is 11.6 Å². The lowest BCUT2D eigenvalue weighted by Gasteiger charge is -2.15. The Morgan fingerprint density at radius 3 is 2.82 bits per heavy atom. The topological polar surface area (TPSA) is 58.6 Å². The van der Waals surface area contributed by atoms with Gasteiger partial charge in [0.1, 0.15) is 5.75 Å². The molecule has 0 bridgehead atoms. The van der Waals surface area contributed by atoms with Crippen LogP contribution in [0.1, 0.15) is 23.7 Å². The van der Waals surface area contributed by atoms with Crippen LogP contribution in [-0.2, 0) is 0 Å². The fourth-order valence-corrected chi connectivity index (χ4v) is 1.55. The van der Waals surface area contributed by atoms with E-state index < -0.39 is 0 Å². The van der Waals surface area contributed by atoms with E-state index in [-0.39, 0.29) is 18.6 Å². The predicted molar refractivity (Wildman–Crippen MR) is 66.6 cm³/mol. The van der Waals surface area contributed by atoms with E-state index >= 15 is 0 Å². The van der Waals surface area contributed by atoms with Gasteiger partial charge in [-0.2, -0.15) is 0 Å². The van der Waals surface area contributed by atoms with Crippen molar-refractivity contribution in [3.63, 3.8) is 0 Å². The first-order valence-corrected chi connectivity index (χ1v) is 5.75. The molecule has 2 N–H and O–H groups in total. The first kappa shape index (κ1) is 13.8. The normalized spacial score (nSPS) is 12.0. The highest BCUT2D eigenvalue weighted by Gasteiger charge is 2.15. The molecule has 0 aromatic heterocycles. The van der Waals surface area contributed by atoms with Crippen LogP contribution in [0.5, 0.6) is 5.75 Å².